The van der Waals surface area contributed by atoms with Crippen LogP contribution in [0.3, 0.4) is 0 Å². The molecule has 0 saturated heterocycles. The molecule has 0 aromatic heterocycles. The third-order valence-electron chi connectivity index (χ3n) is 1.36. The quantitative estimate of drug-likeness (QED) is 0.457. The Morgan fingerprint density at radius 1 is 1.67 bits per heavy atom. The second-order valence-corrected chi connectivity index (χ2v) is 2.17. The lowest BCUT2D eigenvalue weighted by molar-refractivity contribution is 0.257. The van der Waals surface area contributed by atoms with E-state index in [0.717, 1.165) is 13.0 Å². The van der Waals surface area contributed by atoms with Gasteiger partial charge in [0, 0.05) is 6.61 Å². The van der Waals surface area contributed by atoms with Crippen molar-refractivity contribution in [2.75, 3.05) is 26.7 Å². The minimum atomic E-state index is 0.240. The Balaban J connectivity index is 3.18. The lowest BCUT2D eigenvalue weighted by atomic mass is 10.1. The van der Waals surface area contributed by atoms with E-state index in [2.05, 4.69) is 5.32 Å². The summed E-state index contributed by atoms with van der Waals surface area (Å²) in [6.45, 7) is 1.79. The molecule has 3 heteroatoms. The highest BCUT2D eigenvalue weighted by Gasteiger charge is 2.02. The van der Waals surface area contributed by atoms with Crippen molar-refractivity contribution in [1.82, 2.24) is 5.32 Å². The minimum absolute atomic E-state index is 0.240. The van der Waals surface area contributed by atoms with Crippen LogP contribution in [-0.4, -0.2) is 31.9 Å². The molecule has 0 bridgehead atoms. The zero-order chi connectivity index (χ0) is 7.11. The summed E-state index contributed by atoms with van der Waals surface area (Å²) in [5.41, 5.74) is 5.39. The number of aliphatic hydroxyl groups is 1. The third-order valence-corrected chi connectivity index (χ3v) is 1.36. The molecule has 9 heavy (non-hydrogen) atoms. The van der Waals surface area contributed by atoms with Gasteiger partial charge >= 0.3 is 0 Å². The molecule has 56 valence electrons. The molecule has 0 spiro atoms. The number of hydrogen-bond acceptors (Lipinski definition) is 3. The van der Waals surface area contributed by atoms with Crippen LogP contribution in [0.2, 0.25) is 0 Å². The van der Waals surface area contributed by atoms with Crippen molar-refractivity contribution in [3.8, 4) is 0 Å². The summed E-state index contributed by atoms with van der Waals surface area (Å²) in [6, 6.07) is 0. The van der Waals surface area contributed by atoms with E-state index in [0.29, 0.717) is 12.5 Å². The SMILES string of the molecule is CNC[C@@H](CN)CCO. The van der Waals surface area contributed by atoms with E-state index < -0.39 is 0 Å². The van der Waals surface area contributed by atoms with Gasteiger partial charge < -0.3 is 16.2 Å². The highest BCUT2D eigenvalue weighted by molar-refractivity contribution is 4.60. The third kappa shape index (κ3) is 4.39. The highest BCUT2D eigenvalue weighted by atomic mass is 16.3. The topological polar surface area (TPSA) is 58.3 Å². The van der Waals surface area contributed by atoms with Gasteiger partial charge in [-0.1, -0.05) is 0 Å². The van der Waals surface area contributed by atoms with E-state index in [1.807, 2.05) is 7.05 Å². The van der Waals surface area contributed by atoms with E-state index in [4.69, 9.17) is 10.8 Å². The fraction of sp³-hybridized carbons (Fsp3) is 1.00. The Hall–Kier alpha value is -0.120. The molecule has 0 unspecified atom stereocenters. The standard InChI is InChI=1S/C6H16N2O/c1-8-5-6(4-7)2-3-9/h6,8-9H,2-5,7H2,1H3/t6-/m1/s1. The molecule has 3 nitrogen and oxygen atoms in total. The van der Waals surface area contributed by atoms with E-state index in [-0.39, 0.29) is 6.61 Å². The molecule has 0 heterocycles. The van der Waals surface area contributed by atoms with Crippen LogP contribution in [0.15, 0.2) is 0 Å². The summed E-state index contributed by atoms with van der Waals surface area (Å²) in [4.78, 5) is 0. The zero-order valence-electron chi connectivity index (χ0n) is 5.93. The van der Waals surface area contributed by atoms with Crippen LogP contribution in [0, 0.1) is 5.92 Å². The maximum Gasteiger partial charge on any atom is 0.0434 e. The van der Waals surface area contributed by atoms with Crippen molar-refractivity contribution >= 4 is 0 Å². The van der Waals surface area contributed by atoms with Crippen molar-refractivity contribution in [2.24, 2.45) is 11.7 Å². The molecule has 0 aliphatic carbocycles. The second-order valence-electron chi connectivity index (χ2n) is 2.17. The first kappa shape index (κ1) is 8.88. The number of hydrogen-bond donors (Lipinski definition) is 3. The molecule has 1 atom stereocenters. The Morgan fingerprint density at radius 2 is 2.33 bits per heavy atom. The largest absolute Gasteiger partial charge is 0.396 e. The van der Waals surface area contributed by atoms with Gasteiger partial charge in [0.05, 0.1) is 0 Å². The molecule has 0 fully saturated rings. The van der Waals surface area contributed by atoms with Crippen LogP contribution in [0.25, 0.3) is 0 Å². The van der Waals surface area contributed by atoms with Gasteiger partial charge in [-0.3, -0.25) is 0 Å². The smallest absolute Gasteiger partial charge is 0.0434 e. The first-order valence-electron chi connectivity index (χ1n) is 3.30. The van der Waals surface area contributed by atoms with Gasteiger partial charge in [0.15, 0.2) is 0 Å². The molecule has 0 saturated carbocycles. The van der Waals surface area contributed by atoms with Gasteiger partial charge in [0.1, 0.15) is 0 Å². The van der Waals surface area contributed by atoms with E-state index in [1.54, 1.807) is 0 Å². The summed E-state index contributed by atoms with van der Waals surface area (Å²) in [5.74, 6) is 0.431. The van der Waals surface area contributed by atoms with E-state index in [1.165, 1.54) is 0 Å². The van der Waals surface area contributed by atoms with Crippen LogP contribution < -0.4 is 11.1 Å². The maximum absolute atomic E-state index is 8.51. The van der Waals surface area contributed by atoms with Crippen molar-refractivity contribution in [3.05, 3.63) is 0 Å². The molecule has 0 radical (unpaired) electrons. The number of rotatable bonds is 5. The molecule has 0 aliphatic rings. The Kier molecular flexibility index (Phi) is 5.93. The first-order chi connectivity index (χ1) is 4.35. The predicted octanol–water partition coefficient (Wildman–Crippen LogP) is -0.837. The molecule has 0 aromatic carbocycles. The molecule has 0 amide bonds. The van der Waals surface area contributed by atoms with Gasteiger partial charge in [0.2, 0.25) is 0 Å². The summed E-state index contributed by atoms with van der Waals surface area (Å²) >= 11 is 0. The fourth-order valence-corrected chi connectivity index (χ4v) is 0.774. The molecule has 0 aliphatic heterocycles. The van der Waals surface area contributed by atoms with Crippen LogP contribution in [0.5, 0.6) is 0 Å². The summed E-state index contributed by atoms with van der Waals surface area (Å²) in [7, 11) is 1.89. The summed E-state index contributed by atoms with van der Waals surface area (Å²) < 4.78 is 0. The van der Waals surface area contributed by atoms with Gasteiger partial charge in [-0.15, -0.1) is 0 Å². The van der Waals surface area contributed by atoms with Gasteiger partial charge in [-0.05, 0) is 32.5 Å². The number of nitrogens with one attached hydrogen (secondary N) is 1. The predicted molar refractivity (Wildman–Crippen MR) is 38.2 cm³/mol. The molecule has 4 N–H and O–H groups in total. The van der Waals surface area contributed by atoms with Crippen LogP contribution in [0.1, 0.15) is 6.42 Å². The van der Waals surface area contributed by atoms with Gasteiger partial charge in [-0.25, -0.2) is 0 Å². The van der Waals surface area contributed by atoms with Gasteiger partial charge in [-0.2, -0.15) is 0 Å². The lowest BCUT2D eigenvalue weighted by Gasteiger charge is -2.10. The van der Waals surface area contributed by atoms with Crippen molar-refractivity contribution in [3.63, 3.8) is 0 Å². The molecular weight excluding hydrogens is 116 g/mol. The average Bonchev–Trinajstić information content (AvgIpc) is 1.88. The van der Waals surface area contributed by atoms with Crippen LogP contribution >= 0.6 is 0 Å². The van der Waals surface area contributed by atoms with Crippen molar-refractivity contribution in [1.29, 1.82) is 0 Å². The van der Waals surface area contributed by atoms with Crippen molar-refractivity contribution < 1.29 is 5.11 Å². The van der Waals surface area contributed by atoms with Crippen LogP contribution in [0.4, 0.5) is 0 Å². The monoisotopic (exact) mass is 132 g/mol. The maximum atomic E-state index is 8.51. The Morgan fingerprint density at radius 3 is 2.67 bits per heavy atom. The molecule has 0 aromatic rings. The zero-order valence-corrected chi connectivity index (χ0v) is 5.93. The summed E-state index contributed by atoms with van der Waals surface area (Å²) in [6.07, 6.45) is 0.803. The van der Waals surface area contributed by atoms with Crippen LogP contribution in [-0.2, 0) is 0 Å². The fourth-order valence-electron chi connectivity index (χ4n) is 0.774. The van der Waals surface area contributed by atoms with Crippen molar-refractivity contribution in [2.45, 2.75) is 6.42 Å². The number of nitrogens with two attached hydrogens (primary N) is 1. The van der Waals surface area contributed by atoms with Gasteiger partial charge in [0.25, 0.3) is 0 Å². The average molecular weight is 132 g/mol. The normalized spacial score (nSPS) is 13.7. The Labute approximate surface area is 56.2 Å². The first-order valence-corrected chi connectivity index (χ1v) is 3.30. The van der Waals surface area contributed by atoms with E-state index in [9.17, 15) is 0 Å². The second kappa shape index (κ2) is 6.01. The molecular formula is C6H16N2O. The lowest BCUT2D eigenvalue weighted by Crippen LogP contribution is -2.26. The minimum Gasteiger partial charge on any atom is -0.396 e. The highest BCUT2D eigenvalue weighted by Crippen LogP contribution is 1.96. The Bertz CT molecular complexity index is 53.0. The molecule has 0 rings (SSSR count). The summed E-state index contributed by atoms with van der Waals surface area (Å²) in [5, 5.41) is 11.5. The number of aliphatic hydroxyl groups excluding tert-OH is 1. The van der Waals surface area contributed by atoms with E-state index >= 15 is 0 Å².